The van der Waals surface area contributed by atoms with Gasteiger partial charge in [-0.05, 0) is 0 Å². The van der Waals surface area contributed by atoms with E-state index in [1.807, 2.05) is 0 Å². The van der Waals surface area contributed by atoms with Crippen LogP contribution in [0.2, 0.25) is 0 Å². The first kappa shape index (κ1) is 30.6. The van der Waals surface area contributed by atoms with E-state index >= 15 is 0 Å². The van der Waals surface area contributed by atoms with Crippen molar-refractivity contribution in [1.82, 2.24) is 0 Å². The number of halogens is 2. The monoisotopic (exact) mass is 639 g/mol. The number of benzene rings is 4. The van der Waals surface area contributed by atoms with Gasteiger partial charge in [0.25, 0.3) is 0 Å². The number of aryl methyl sites for hydroxylation is 1. The maximum absolute atomic E-state index is 2.56. The van der Waals surface area contributed by atoms with Crippen LogP contribution >= 0.6 is 0 Å². The molecule has 0 radical (unpaired) electrons. The summed E-state index contributed by atoms with van der Waals surface area (Å²) >= 11 is -1.16. The Hall–Kier alpha value is -2.31. The van der Waals surface area contributed by atoms with Crippen LogP contribution in [0.4, 0.5) is 0 Å². The van der Waals surface area contributed by atoms with Crippen molar-refractivity contribution in [1.29, 1.82) is 0 Å². The first-order valence-corrected chi connectivity index (χ1v) is 16.7. The zero-order chi connectivity index (χ0) is 26.2. The van der Waals surface area contributed by atoms with Crippen LogP contribution in [-0.2, 0) is 35.6 Å². The zero-order valence-corrected chi connectivity index (χ0v) is 27.7. The van der Waals surface area contributed by atoms with E-state index in [4.69, 9.17) is 0 Å². The van der Waals surface area contributed by atoms with Crippen LogP contribution in [0.1, 0.15) is 74.0 Å². The molecule has 1 unspecified atom stereocenters. The molecule has 0 N–H and O–H groups in total. The van der Waals surface area contributed by atoms with Gasteiger partial charge in [-0.1, -0.05) is 0 Å². The molecule has 4 aromatic carbocycles. The minimum Gasteiger partial charge on any atom is -1.00 e. The third-order valence-corrected chi connectivity index (χ3v) is 12.8. The van der Waals surface area contributed by atoms with Gasteiger partial charge < -0.3 is 24.8 Å². The fraction of sp³-hybridized carbons (Fsp3) is 0.216. The van der Waals surface area contributed by atoms with E-state index in [2.05, 4.69) is 125 Å². The fourth-order valence-corrected chi connectivity index (χ4v) is 10.8. The maximum atomic E-state index is 2.56. The summed E-state index contributed by atoms with van der Waals surface area (Å²) in [4.78, 5) is 0. The molecule has 1 atom stereocenters. The van der Waals surface area contributed by atoms with Crippen molar-refractivity contribution in [2.75, 3.05) is 0 Å². The van der Waals surface area contributed by atoms with E-state index in [0.717, 1.165) is 19.3 Å². The van der Waals surface area contributed by atoms with E-state index in [9.17, 15) is 0 Å². The minimum atomic E-state index is -1.16. The van der Waals surface area contributed by atoms with Gasteiger partial charge in [0.05, 0.1) is 0 Å². The Bertz CT molecular complexity index is 1570. The number of allylic oxidation sites excluding steroid dienone is 4. The van der Waals surface area contributed by atoms with Gasteiger partial charge in [0.2, 0.25) is 0 Å². The molecule has 0 saturated carbocycles. The predicted octanol–water partition coefficient (Wildman–Crippen LogP) is 3.20. The SMILES string of the molecule is CCc1ccc2c(c1)[CH]([Zr+2]=[C](c1ccccc1)c1ccccc1)c1c(C3=CC=CC3)c(CC)c(C)c(C)c1-2.[Cl-].[Cl-]. The van der Waals surface area contributed by atoms with E-state index < -0.39 is 22.8 Å². The second-order valence-electron chi connectivity index (χ2n) is 10.5. The molecular formula is C37H35Cl2Zr. The van der Waals surface area contributed by atoms with Crippen molar-refractivity contribution in [3.8, 4) is 11.1 Å². The molecule has 201 valence electrons. The van der Waals surface area contributed by atoms with Crippen LogP contribution in [0.15, 0.2) is 97.1 Å². The second kappa shape index (κ2) is 13.1. The first-order valence-electron chi connectivity index (χ1n) is 14.0. The van der Waals surface area contributed by atoms with Gasteiger partial charge in [0.15, 0.2) is 0 Å². The van der Waals surface area contributed by atoms with Crippen LogP contribution in [0.3, 0.4) is 0 Å². The molecule has 4 aromatic rings. The Morgan fingerprint density at radius 1 is 0.775 bits per heavy atom. The summed E-state index contributed by atoms with van der Waals surface area (Å²) in [5.41, 5.74) is 18.1. The summed E-state index contributed by atoms with van der Waals surface area (Å²) in [5, 5.41) is 0. The van der Waals surface area contributed by atoms with Gasteiger partial charge >= 0.3 is 240 Å². The molecule has 0 aromatic heterocycles. The van der Waals surface area contributed by atoms with Crippen LogP contribution in [-0.4, -0.2) is 3.21 Å². The van der Waals surface area contributed by atoms with Crippen LogP contribution < -0.4 is 24.8 Å². The average Bonchev–Trinajstić information content (AvgIpc) is 3.61. The number of hydrogen-bond donors (Lipinski definition) is 0. The van der Waals surface area contributed by atoms with Gasteiger partial charge in [-0.15, -0.1) is 0 Å². The molecule has 40 heavy (non-hydrogen) atoms. The standard InChI is InChI=1S/C24H25.C13H10.2ClH.Zr/c1-5-17-11-12-21-19(13-17)14-22-23(21)16(4)15(3)20(6-2)24(22)18-9-7-8-10-18;1-3-7-12(8-4-1)11-13-9-5-2-6-10-13;;;/h7-9,11-14H,5-6,10H2,1-4H3;1-10H;2*1H;/q;;;;+2/p-2. The molecule has 0 fully saturated rings. The molecule has 0 nitrogen and oxygen atoms in total. The van der Waals surface area contributed by atoms with Crippen molar-refractivity contribution < 1.29 is 47.6 Å². The van der Waals surface area contributed by atoms with E-state index in [0.29, 0.717) is 3.63 Å². The largest absolute Gasteiger partial charge is 1.00 e. The van der Waals surface area contributed by atoms with Crippen molar-refractivity contribution in [3.05, 3.63) is 147 Å². The third-order valence-electron chi connectivity index (χ3n) is 8.48. The Morgan fingerprint density at radius 3 is 1.98 bits per heavy atom. The Labute approximate surface area is 263 Å². The molecule has 0 bridgehead atoms. The molecule has 0 amide bonds. The van der Waals surface area contributed by atoms with Gasteiger partial charge in [-0.25, -0.2) is 0 Å². The van der Waals surface area contributed by atoms with Crippen LogP contribution in [0.5, 0.6) is 0 Å². The zero-order valence-electron chi connectivity index (χ0n) is 23.7. The molecule has 0 saturated heterocycles. The summed E-state index contributed by atoms with van der Waals surface area (Å²) in [6.07, 6.45) is 10.2. The van der Waals surface area contributed by atoms with Gasteiger partial charge in [-0.2, -0.15) is 0 Å². The van der Waals surface area contributed by atoms with Crippen LogP contribution in [0.25, 0.3) is 16.7 Å². The van der Waals surface area contributed by atoms with E-state index in [1.165, 1.54) is 44.5 Å². The third kappa shape index (κ3) is 5.34. The second-order valence-corrected chi connectivity index (χ2v) is 13.9. The predicted molar refractivity (Wildman–Crippen MR) is 160 cm³/mol. The van der Waals surface area contributed by atoms with E-state index in [-0.39, 0.29) is 24.8 Å². The molecule has 3 heteroatoms. The summed E-state index contributed by atoms with van der Waals surface area (Å²) in [7, 11) is 0. The average molecular weight is 642 g/mol. The Kier molecular flexibility index (Phi) is 10.1. The van der Waals surface area contributed by atoms with Crippen molar-refractivity contribution in [2.45, 2.75) is 50.6 Å². The molecule has 0 spiro atoms. The van der Waals surface area contributed by atoms with Crippen molar-refractivity contribution in [2.24, 2.45) is 0 Å². The van der Waals surface area contributed by atoms with Gasteiger partial charge in [0, 0.05) is 0 Å². The summed E-state index contributed by atoms with van der Waals surface area (Å²) < 4.78 is 2.09. The molecular weight excluding hydrogens is 607 g/mol. The first-order chi connectivity index (χ1) is 18.6. The van der Waals surface area contributed by atoms with Gasteiger partial charge in [0.1, 0.15) is 0 Å². The number of hydrogen-bond acceptors (Lipinski definition) is 0. The minimum absolute atomic E-state index is 0. The van der Waals surface area contributed by atoms with E-state index in [1.54, 1.807) is 25.5 Å². The molecule has 2 aliphatic rings. The number of fused-ring (bicyclic) bond motifs is 3. The Balaban J connectivity index is 0.00000185. The molecule has 6 rings (SSSR count). The quantitative estimate of drug-likeness (QED) is 0.304. The fourth-order valence-electron chi connectivity index (χ4n) is 6.46. The van der Waals surface area contributed by atoms with Crippen molar-refractivity contribution >= 4 is 8.78 Å². The normalized spacial score (nSPS) is 14.4. The smallest absolute Gasteiger partial charge is 1.00 e. The topological polar surface area (TPSA) is 0 Å². The summed E-state index contributed by atoms with van der Waals surface area (Å²) in [6, 6.07) is 29.8. The Morgan fingerprint density at radius 2 is 1.43 bits per heavy atom. The van der Waals surface area contributed by atoms with Crippen LogP contribution in [0, 0.1) is 13.8 Å². The summed E-state index contributed by atoms with van der Waals surface area (Å²) in [5.74, 6) is 0. The molecule has 0 heterocycles. The molecule has 2 aliphatic carbocycles. The maximum Gasteiger partial charge on any atom is -1.00 e. The summed E-state index contributed by atoms with van der Waals surface area (Å²) in [6.45, 7) is 9.37. The molecule has 0 aliphatic heterocycles. The van der Waals surface area contributed by atoms with Gasteiger partial charge in [-0.3, -0.25) is 0 Å². The van der Waals surface area contributed by atoms with Crippen molar-refractivity contribution in [3.63, 3.8) is 0 Å². The number of rotatable bonds is 6.